The number of hydrogen-bond donors (Lipinski definition) is 0. The zero-order chi connectivity index (χ0) is 6.04. The average Bonchev–Trinajstić information content (AvgIpc) is 2.17. The zero-order valence-electron chi connectivity index (χ0n) is 4.50. The fraction of sp³-hybridized carbons (Fsp3) is 0.750. The fourth-order valence-corrected chi connectivity index (χ4v) is 0.510. The average molecular weight is 132 g/mol. The third-order valence-electron chi connectivity index (χ3n) is 0.914. The largest absolute Gasteiger partial charge is 0.239 e. The van der Waals surface area contributed by atoms with E-state index in [2.05, 4.69) is 15.2 Å². The molecule has 1 unspecified atom stereocenters. The highest BCUT2D eigenvalue weighted by Crippen LogP contribution is 2.17. The van der Waals surface area contributed by atoms with Crippen LogP contribution < -0.4 is 0 Å². The van der Waals surface area contributed by atoms with Gasteiger partial charge in [0.25, 0.3) is 0 Å². The van der Waals surface area contributed by atoms with Crippen LogP contribution in [0.4, 0.5) is 0 Å². The third kappa shape index (κ3) is 0.865. The Morgan fingerprint density at radius 1 is 1.75 bits per heavy atom. The molecule has 0 N–H and O–H groups in total. The molecule has 0 saturated heterocycles. The summed E-state index contributed by atoms with van der Waals surface area (Å²) in [6.45, 7) is 1.83. The van der Waals surface area contributed by atoms with Crippen molar-refractivity contribution in [3.05, 3.63) is 0 Å². The van der Waals surface area contributed by atoms with Crippen LogP contribution in [0.3, 0.4) is 0 Å². The minimum absolute atomic E-state index is 0.396. The van der Waals surface area contributed by atoms with Gasteiger partial charge in [-0.3, -0.25) is 0 Å². The van der Waals surface area contributed by atoms with Crippen LogP contribution in [0.25, 0.3) is 0 Å². The highest BCUT2D eigenvalue weighted by Gasteiger charge is 2.22. The van der Waals surface area contributed by atoms with Crippen LogP contribution in [0.2, 0.25) is 0 Å². The first-order chi connectivity index (χ1) is 3.77. The SMILES string of the molecule is CC1(CCl)N=CN=N1. The minimum atomic E-state index is -0.471. The molecule has 1 heterocycles. The van der Waals surface area contributed by atoms with Gasteiger partial charge in [0.15, 0.2) is 5.66 Å². The van der Waals surface area contributed by atoms with Gasteiger partial charge in [-0.2, -0.15) is 5.11 Å². The summed E-state index contributed by atoms with van der Waals surface area (Å²) in [4.78, 5) is 3.90. The molecule has 0 bridgehead atoms. The van der Waals surface area contributed by atoms with Crippen LogP contribution in [0.1, 0.15) is 6.92 Å². The summed E-state index contributed by atoms with van der Waals surface area (Å²) in [5.74, 6) is 0.396. The molecule has 1 atom stereocenters. The van der Waals surface area contributed by atoms with E-state index < -0.39 is 5.66 Å². The van der Waals surface area contributed by atoms with E-state index in [9.17, 15) is 0 Å². The van der Waals surface area contributed by atoms with E-state index in [1.54, 1.807) is 0 Å². The molecule has 1 rings (SSSR count). The summed E-state index contributed by atoms with van der Waals surface area (Å²) < 4.78 is 0. The number of rotatable bonds is 1. The van der Waals surface area contributed by atoms with Crippen molar-refractivity contribution >= 4 is 17.9 Å². The maximum absolute atomic E-state index is 5.48. The van der Waals surface area contributed by atoms with E-state index in [1.165, 1.54) is 6.34 Å². The second-order valence-corrected chi connectivity index (χ2v) is 2.08. The topological polar surface area (TPSA) is 37.1 Å². The standard InChI is InChI=1S/C4H6ClN3/c1-4(2-5)6-3-7-8-4/h3H,2H2,1H3. The van der Waals surface area contributed by atoms with Crippen LogP contribution in [-0.2, 0) is 0 Å². The predicted molar refractivity (Wildman–Crippen MR) is 32.5 cm³/mol. The molecule has 8 heavy (non-hydrogen) atoms. The molecule has 3 nitrogen and oxygen atoms in total. The zero-order valence-corrected chi connectivity index (χ0v) is 5.26. The van der Waals surface area contributed by atoms with Crippen LogP contribution in [0.5, 0.6) is 0 Å². The van der Waals surface area contributed by atoms with Gasteiger partial charge in [0.05, 0.1) is 5.88 Å². The Morgan fingerprint density at radius 2 is 2.50 bits per heavy atom. The summed E-state index contributed by atoms with van der Waals surface area (Å²) in [5.41, 5.74) is -0.471. The summed E-state index contributed by atoms with van der Waals surface area (Å²) in [7, 11) is 0. The lowest BCUT2D eigenvalue weighted by Crippen LogP contribution is -2.17. The van der Waals surface area contributed by atoms with Crippen molar-refractivity contribution in [1.29, 1.82) is 0 Å². The van der Waals surface area contributed by atoms with E-state index in [-0.39, 0.29) is 0 Å². The van der Waals surface area contributed by atoms with E-state index >= 15 is 0 Å². The Kier molecular flexibility index (Phi) is 1.29. The van der Waals surface area contributed by atoms with E-state index in [1.807, 2.05) is 6.92 Å². The first-order valence-electron chi connectivity index (χ1n) is 2.28. The number of aliphatic imine (C=N–C) groups is 1. The lowest BCUT2D eigenvalue weighted by atomic mass is 10.3. The Morgan fingerprint density at radius 3 is 2.75 bits per heavy atom. The van der Waals surface area contributed by atoms with Gasteiger partial charge in [-0.25, -0.2) is 4.99 Å². The van der Waals surface area contributed by atoms with Gasteiger partial charge < -0.3 is 0 Å². The second kappa shape index (κ2) is 1.82. The van der Waals surface area contributed by atoms with Crippen LogP contribution in [0, 0.1) is 0 Å². The van der Waals surface area contributed by atoms with Crippen molar-refractivity contribution in [2.45, 2.75) is 12.6 Å². The van der Waals surface area contributed by atoms with E-state index in [0.717, 1.165) is 0 Å². The number of halogens is 1. The maximum atomic E-state index is 5.48. The van der Waals surface area contributed by atoms with Gasteiger partial charge >= 0.3 is 0 Å². The molecule has 0 fully saturated rings. The number of alkyl halides is 1. The van der Waals surface area contributed by atoms with Crippen molar-refractivity contribution in [1.82, 2.24) is 0 Å². The molecule has 0 aromatic rings. The highest BCUT2D eigenvalue weighted by atomic mass is 35.5. The molecule has 0 aliphatic carbocycles. The second-order valence-electron chi connectivity index (χ2n) is 1.81. The summed E-state index contributed by atoms with van der Waals surface area (Å²) in [6.07, 6.45) is 1.42. The Hall–Kier alpha value is -0.440. The molecule has 0 radical (unpaired) electrons. The molecule has 0 saturated carbocycles. The quantitative estimate of drug-likeness (QED) is 0.483. The lowest BCUT2D eigenvalue weighted by molar-refractivity contribution is 0.558. The van der Waals surface area contributed by atoms with Crippen LogP contribution in [0.15, 0.2) is 15.2 Å². The molecule has 1 aliphatic heterocycles. The van der Waals surface area contributed by atoms with Gasteiger partial charge in [-0.1, -0.05) is 0 Å². The normalized spacial score (nSPS) is 34.2. The number of hydrogen-bond acceptors (Lipinski definition) is 3. The molecule has 0 aromatic carbocycles. The fourth-order valence-electron chi connectivity index (χ4n) is 0.387. The van der Waals surface area contributed by atoms with E-state index in [4.69, 9.17) is 11.6 Å². The van der Waals surface area contributed by atoms with Crippen molar-refractivity contribution in [2.24, 2.45) is 15.2 Å². The molecule has 0 amide bonds. The first kappa shape index (κ1) is 5.69. The highest BCUT2D eigenvalue weighted by molar-refractivity contribution is 6.18. The van der Waals surface area contributed by atoms with Gasteiger partial charge in [-0.15, -0.1) is 16.7 Å². The van der Waals surface area contributed by atoms with Gasteiger partial charge in [0.2, 0.25) is 0 Å². The molecular formula is C4H6ClN3. The molecule has 0 aromatic heterocycles. The minimum Gasteiger partial charge on any atom is -0.239 e. The third-order valence-corrected chi connectivity index (χ3v) is 1.42. The number of nitrogens with zero attached hydrogens (tertiary/aromatic N) is 3. The van der Waals surface area contributed by atoms with Gasteiger partial charge in [-0.05, 0) is 6.92 Å². The Bertz CT molecular complexity index is 128. The molecular weight excluding hydrogens is 126 g/mol. The van der Waals surface area contributed by atoms with Gasteiger partial charge in [0, 0.05) is 0 Å². The van der Waals surface area contributed by atoms with Crippen molar-refractivity contribution in [3.8, 4) is 0 Å². The smallest absolute Gasteiger partial charge is 0.183 e. The van der Waals surface area contributed by atoms with Crippen LogP contribution >= 0.6 is 11.6 Å². The summed E-state index contributed by atoms with van der Waals surface area (Å²) in [5, 5.41) is 7.31. The summed E-state index contributed by atoms with van der Waals surface area (Å²) >= 11 is 5.48. The summed E-state index contributed by atoms with van der Waals surface area (Å²) in [6, 6.07) is 0. The van der Waals surface area contributed by atoms with Crippen molar-refractivity contribution in [2.75, 3.05) is 5.88 Å². The Labute approximate surface area is 52.5 Å². The van der Waals surface area contributed by atoms with Crippen LogP contribution in [-0.4, -0.2) is 17.9 Å². The van der Waals surface area contributed by atoms with Gasteiger partial charge in [0.1, 0.15) is 6.34 Å². The molecule has 4 heteroatoms. The molecule has 44 valence electrons. The molecule has 1 aliphatic rings. The molecule has 0 spiro atoms. The predicted octanol–water partition coefficient (Wildman–Crippen LogP) is 1.44. The Balaban J connectivity index is 2.69. The maximum Gasteiger partial charge on any atom is 0.183 e. The number of azo groups is 1. The monoisotopic (exact) mass is 131 g/mol. The lowest BCUT2D eigenvalue weighted by Gasteiger charge is -2.08. The van der Waals surface area contributed by atoms with Crippen molar-refractivity contribution < 1.29 is 0 Å². The van der Waals surface area contributed by atoms with Crippen molar-refractivity contribution in [3.63, 3.8) is 0 Å². The first-order valence-corrected chi connectivity index (χ1v) is 2.82. The van der Waals surface area contributed by atoms with E-state index in [0.29, 0.717) is 5.88 Å².